The summed E-state index contributed by atoms with van der Waals surface area (Å²) in [4.78, 5) is 11.8. The number of carbonyl (C=O) groups is 1. The van der Waals surface area contributed by atoms with E-state index in [0.29, 0.717) is 22.8 Å². The highest BCUT2D eigenvalue weighted by Gasteiger charge is 2.27. The lowest BCUT2D eigenvalue weighted by molar-refractivity contribution is 0.0364. The first-order chi connectivity index (χ1) is 10.3. The van der Waals surface area contributed by atoms with Gasteiger partial charge in [0.05, 0.1) is 6.54 Å². The lowest BCUT2D eigenvalue weighted by atomic mass is 10.0. The molecule has 0 aliphatic carbocycles. The average Bonchev–Trinajstić information content (AvgIpc) is 2.88. The Labute approximate surface area is 128 Å². The number of urea groups is 1. The van der Waals surface area contributed by atoms with Crippen molar-refractivity contribution in [3.05, 3.63) is 53.2 Å². The summed E-state index contributed by atoms with van der Waals surface area (Å²) >= 11 is 0. The molecule has 3 N–H and O–H groups in total. The molecular formula is C16H19FN2O3. The summed E-state index contributed by atoms with van der Waals surface area (Å²) < 4.78 is 18.8. The Hall–Kier alpha value is -2.34. The van der Waals surface area contributed by atoms with Crippen molar-refractivity contribution < 1.29 is 18.7 Å². The Morgan fingerprint density at radius 1 is 1.32 bits per heavy atom. The summed E-state index contributed by atoms with van der Waals surface area (Å²) in [7, 11) is 0. The molecule has 6 heteroatoms. The van der Waals surface area contributed by atoms with E-state index in [2.05, 4.69) is 10.6 Å². The Morgan fingerprint density at radius 2 is 2.05 bits per heavy atom. The van der Waals surface area contributed by atoms with Gasteiger partial charge in [-0.25, -0.2) is 9.18 Å². The third-order valence-electron chi connectivity index (χ3n) is 3.29. The van der Waals surface area contributed by atoms with Crippen LogP contribution in [0.4, 0.5) is 14.9 Å². The summed E-state index contributed by atoms with van der Waals surface area (Å²) in [5, 5.41) is 15.3. The average molecular weight is 306 g/mol. The smallest absolute Gasteiger partial charge is 0.319 e. The first kappa shape index (κ1) is 16.0. The molecule has 2 rings (SSSR count). The van der Waals surface area contributed by atoms with Gasteiger partial charge < -0.3 is 20.2 Å². The van der Waals surface area contributed by atoms with Gasteiger partial charge in [-0.2, -0.15) is 0 Å². The van der Waals surface area contributed by atoms with Crippen LogP contribution in [0.15, 0.2) is 34.7 Å². The molecule has 0 fully saturated rings. The minimum atomic E-state index is -1.33. The van der Waals surface area contributed by atoms with Gasteiger partial charge in [0.25, 0.3) is 0 Å². The van der Waals surface area contributed by atoms with E-state index >= 15 is 0 Å². The van der Waals surface area contributed by atoms with Crippen molar-refractivity contribution in [2.24, 2.45) is 0 Å². The zero-order valence-electron chi connectivity index (χ0n) is 12.7. The van der Waals surface area contributed by atoms with Crippen molar-refractivity contribution >= 4 is 11.7 Å². The van der Waals surface area contributed by atoms with E-state index in [9.17, 15) is 14.3 Å². The molecule has 0 spiro atoms. The van der Waals surface area contributed by atoms with E-state index in [0.717, 1.165) is 0 Å². The molecule has 5 nitrogen and oxygen atoms in total. The maximum absolute atomic E-state index is 13.4. The first-order valence-electron chi connectivity index (χ1n) is 6.88. The number of hydrogen-bond acceptors (Lipinski definition) is 3. The quantitative estimate of drug-likeness (QED) is 0.812. The first-order valence-corrected chi connectivity index (χ1v) is 6.88. The molecule has 2 amide bonds. The predicted molar refractivity (Wildman–Crippen MR) is 81.2 cm³/mol. The highest BCUT2D eigenvalue weighted by Crippen LogP contribution is 2.22. The third kappa shape index (κ3) is 3.85. The molecule has 1 atom stereocenters. The fraction of sp³-hybridized carbons (Fsp3) is 0.312. The van der Waals surface area contributed by atoms with Gasteiger partial charge in [0.1, 0.15) is 22.9 Å². The maximum atomic E-state index is 13.4. The third-order valence-corrected chi connectivity index (χ3v) is 3.29. The largest absolute Gasteiger partial charge is 0.463 e. The van der Waals surface area contributed by atoms with Crippen LogP contribution >= 0.6 is 0 Å². The Morgan fingerprint density at radius 3 is 2.64 bits per heavy atom. The fourth-order valence-corrected chi connectivity index (χ4v) is 1.91. The van der Waals surface area contributed by atoms with E-state index in [1.165, 1.54) is 13.0 Å². The Bertz CT molecular complexity index is 680. The Balaban J connectivity index is 1.93. The maximum Gasteiger partial charge on any atom is 0.319 e. The molecule has 0 radical (unpaired) electrons. The number of benzene rings is 1. The van der Waals surface area contributed by atoms with Crippen LogP contribution in [0.5, 0.6) is 0 Å². The molecule has 1 aromatic carbocycles. The number of nitrogens with one attached hydrogen (secondary N) is 2. The van der Waals surface area contributed by atoms with Crippen LogP contribution in [0.25, 0.3) is 0 Å². The Kier molecular flexibility index (Phi) is 4.51. The van der Waals surface area contributed by atoms with E-state index < -0.39 is 17.4 Å². The number of hydrogen-bond donors (Lipinski definition) is 3. The van der Waals surface area contributed by atoms with Crippen molar-refractivity contribution in [3.63, 3.8) is 0 Å². The zero-order chi connectivity index (χ0) is 16.3. The fourth-order valence-electron chi connectivity index (χ4n) is 1.91. The van der Waals surface area contributed by atoms with Crippen LogP contribution in [0.3, 0.4) is 0 Å². The van der Waals surface area contributed by atoms with Crippen LogP contribution in [0.1, 0.15) is 24.0 Å². The lowest BCUT2D eigenvalue weighted by Crippen LogP contribution is -2.40. The molecule has 0 bridgehead atoms. The number of rotatable bonds is 4. The minimum absolute atomic E-state index is 0.0415. The highest BCUT2D eigenvalue weighted by atomic mass is 19.1. The molecule has 118 valence electrons. The van der Waals surface area contributed by atoms with Crippen molar-refractivity contribution in [2.45, 2.75) is 26.4 Å². The van der Waals surface area contributed by atoms with Crippen molar-refractivity contribution in [3.8, 4) is 0 Å². The van der Waals surface area contributed by atoms with Gasteiger partial charge in [0.2, 0.25) is 0 Å². The molecule has 1 aromatic heterocycles. The van der Waals surface area contributed by atoms with E-state index in [1.807, 2.05) is 0 Å². The molecule has 1 unspecified atom stereocenters. The normalized spacial score (nSPS) is 13.5. The summed E-state index contributed by atoms with van der Waals surface area (Å²) in [6, 6.07) is 7.28. The molecule has 2 aromatic rings. The zero-order valence-corrected chi connectivity index (χ0v) is 12.7. The minimum Gasteiger partial charge on any atom is -0.463 e. The second-order valence-corrected chi connectivity index (χ2v) is 5.46. The topological polar surface area (TPSA) is 74.5 Å². The molecule has 0 saturated heterocycles. The number of aliphatic hydroxyl groups is 1. The van der Waals surface area contributed by atoms with Crippen LogP contribution in [0, 0.1) is 19.7 Å². The van der Waals surface area contributed by atoms with Gasteiger partial charge in [0, 0.05) is 5.69 Å². The molecule has 0 saturated carbocycles. The number of halogens is 1. The predicted octanol–water partition coefficient (Wildman–Crippen LogP) is 3.06. The number of anilines is 1. The second kappa shape index (κ2) is 6.19. The van der Waals surface area contributed by atoms with Crippen LogP contribution in [0.2, 0.25) is 0 Å². The van der Waals surface area contributed by atoms with Gasteiger partial charge in [-0.3, -0.25) is 0 Å². The van der Waals surface area contributed by atoms with Crippen LogP contribution in [-0.2, 0) is 5.60 Å². The summed E-state index contributed by atoms with van der Waals surface area (Å²) in [5.74, 6) is 0.650. The second-order valence-electron chi connectivity index (χ2n) is 5.46. The molecule has 22 heavy (non-hydrogen) atoms. The molecule has 1 heterocycles. The van der Waals surface area contributed by atoms with Gasteiger partial charge in [-0.05, 0) is 50.6 Å². The molecule has 0 aliphatic heterocycles. The highest BCUT2D eigenvalue weighted by molar-refractivity contribution is 5.89. The number of amides is 2. The van der Waals surface area contributed by atoms with E-state index in [-0.39, 0.29) is 6.54 Å². The van der Waals surface area contributed by atoms with Gasteiger partial charge in [0.15, 0.2) is 0 Å². The lowest BCUT2D eigenvalue weighted by Gasteiger charge is -2.21. The molecular weight excluding hydrogens is 287 g/mol. The number of aryl methyl sites for hydroxylation is 2. The van der Waals surface area contributed by atoms with Gasteiger partial charge in [-0.1, -0.05) is 6.07 Å². The van der Waals surface area contributed by atoms with Crippen molar-refractivity contribution in [1.82, 2.24) is 5.32 Å². The number of furan rings is 1. The van der Waals surface area contributed by atoms with Gasteiger partial charge in [-0.15, -0.1) is 0 Å². The summed E-state index contributed by atoms with van der Waals surface area (Å²) in [5.41, 5.74) is -0.486. The number of carbonyl (C=O) groups excluding carboxylic acids is 1. The van der Waals surface area contributed by atoms with Crippen molar-refractivity contribution in [2.75, 3.05) is 11.9 Å². The van der Waals surface area contributed by atoms with E-state index in [4.69, 9.17) is 4.42 Å². The van der Waals surface area contributed by atoms with E-state index in [1.54, 1.807) is 38.1 Å². The van der Waals surface area contributed by atoms with Crippen molar-refractivity contribution in [1.29, 1.82) is 0 Å². The van der Waals surface area contributed by atoms with Crippen LogP contribution in [-0.4, -0.2) is 17.7 Å². The summed E-state index contributed by atoms with van der Waals surface area (Å²) in [6.07, 6.45) is 0. The SMILES string of the molecule is Cc1ccc(C(C)(O)CNC(=O)Nc2ccc(C)c(F)c2)o1. The standard InChI is InChI=1S/C16H19FN2O3/c1-10-4-6-12(8-13(10)17)19-15(20)18-9-16(3,21)14-7-5-11(2)22-14/h4-8,21H,9H2,1-3H3,(H2,18,19,20). The molecule has 0 aliphatic rings. The van der Waals surface area contributed by atoms with Crippen LogP contribution < -0.4 is 10.6 Å². The monoisotopic (exact) mass is 306 g/mol. The van der Waals surface area contributed by atoms with Gasteiger partial charge >= 0.3 is 6.03 Å². The summed E-state index contributed by atoms with van der Waals surface area (Å²) in [6.45, 7) is 4.91.